The number of methoxy groups -OCH3 is 3. The second-order valence-electron chi connectivity index (χ2n) is 27.4. The molecule has 0 aliphatic heterocycles. The Bertz CT molecular complexity index is 5550. The van der Waals surface area contributed by atoms with Gasteiger partial charge in [0.1, 0.15) is 17.2 Å². The molecule has 34 heteroatoms. The summed E-state index contributed by atoms with van der Waals surface area (Å²) in [6.07, 6.45) is 14.0. The first kappa shape index (κ1) is 107. The van der Waals surface area contributed by atoms with Crippen LogP contribution in [0.1, 0.15) is 131 Å². The van der Waals surface area contributed by atoms with Gasteiger partial charge in [-0.1, -0.05) is 125 Å². The average Bonchev–Trinajstić information content (AvgIpc) is 0.861. The number of nitrogens with one attached hydrogen (secondary N) is 6. The highest BCUT2D eigenvalue weighted by Crippen LogP contribution is 2.27. The van der Waals surface area contributed by atoms with Gasteiger partial charge in [0.05, 0.1) is 58.2 Å². The number of carbonyl (C=O) groups excluding carboxylic acids is 11. The molecule has 10 aromatic rings. The zero-order valence-electron chi connectivity index (χ0n) is 74.0. The molecule has 132 heavy (non-hydrogen) atoms. The summed E-state index contributed by atoms with van der Waals surface area (Å²) >= 11 is 0. The number of aryl methyl sites for hydroxylation is 2. The lowest BCUT2D eigenvalue weighted by molar-refractivity contribution is 0.0984. The van der Waals surface area contributed by atoms with Crippen LogP contribution in [-0.4, -0.2) is 131 Å². The average molecular weight is 1800 g/mol. The molecule has 0 aliphatic carbocycles. The summed E-state index contributed by atoms with van der Waals surface area (Å²) in [4.78, 5) is 134. The van der Waals surface area contributed by atoms with E-state index in [2.05, 4.69) is 70.6 Å². The first-order valence-corrected chi connectivity index (χ1v) is 40.9. The zero-order valence-corrected chi connectivity index (χ0v) is 74.0. The fraction of sp³-hybridized carbons (Fsp3) is 0.245. The zero-order chi connectivity index (χ0) is 96.5. The molecule has 0 fully saturated rings. The van der Waals surface area contributed by atoms with E-state index >= 15 is 0 Å². The van der Waals surface area contributed by atoms with Crippen molar-refractivity contribution in [3.8, 4) is 36.0 Å². The van der Waals surface area contributed by atoms with Gasteiger partial charge in [0.15, 0.2) is 11.6 Å². The summed E-state index contributed by atoms with van der Waals surface area (Å²) in [5.74, 6) is 1.18. The first-order chi connectivity index (χ1) is 63.9. The van der Waals surface area contributed by atoms with E-state index in [1.807, 2.05) is 100 Å². The van der Waals surface area contributed by atoms with E-state index in [0.29, 0.717) is 106 Å². The van der Waals surface area contributed by atoms with Crippen LogP contribution in [0.4, 0.5) is 80.0 Å². The van der Waals surface area contributed by atoms with Crippen molar-refractivity contribution in [3.63, 3.8) is 0 Å². The van der Waals surface area contributed by atoms with Gasteiger partial charge >= 0.3 is 36.6 Å². The lowest BCUT2D eigenvalue weighted by Gasteiger charge is -2.11. The molecule has 8 N–H and O–H groups in total. The standard InChI is InChI=1S/C21H24N2O5.C20H24N2O4.C16H10N2O3.C15H10N2O2.C14H20N2O4.C9H6N2O2.C3H8O2/c1-3-4-13-28-21(26)23-17-9-5-15(6-10-17)14-19(24)16-7-11-18(12-8-16)22-20(25)27-2;1-3-4-13-26-20(24)22-18-11-7-16(8-12-18)14-15-5-9-17(10-6-15)21-19(23)25-2;17-10-21-15-7-3-13(4-8-15)16(20)9-12-1-5-14(6-2-12)18-11-19;16-10-19-15-7-3-13(4-8-15)9-12-1-5-14(6-2-12)17-11-18;1-4-5-8-20-14(18)16-12-9-11(7-6-10(12)2)15-13(17)19-3;1-7-2-3-8(13-5-10)4-9(7)11-6-12;4-2-1-3-5/h5-12H,3-4,13-14H2,1-2H3,(H,22,25)(H,23,26);5-12H,3-4,13-14H2,1-2H3,(H,21,23)(H,22,24);1-8H,9H2;1-8H,9H2;6-7,9H,4-5,8H2,1-3H3,(H,15,17)(H,16,18);2-4H,1H3;4-5H,1-3H2. The van der Waals surface area contributed by atoms with Gasteiger partial charge in [-0.25, -0.2) is 43.2 Å². The van der Waals surface area contributed by atoms with E-state index in [9.17, 15) is 52.7 Å². The van der Waals surface area contributed by atoms with Gasteiger partial charge in [0.25, 0.3) is 18.8 Å². The van der Waals surface area contributed by atoms with Crippen molar-refractivity contribution in [2.75, 3.05) is 86.3 Å². The number of hydrogen-bond donors (Lipinski definition) is 8. The lowest BCUT2D eigenvalue weighted by atomic mass is 10.0. The summed E-state index contributed by atoms with van der Waals surface area (Å²) < 4.78 is 42.6. The smallest absolute Gasteiger partial charge is 0.411 e. The summed E-state index contributed by atoms with van der Waals surface area (Å²) in [6, 6.07) is 66.6. The van der Waals surface area contributed by atoms with Gasteiger partial charge in [0, 0.05) is 77.4 Å². The molecule has 10 rings (SSSR count). The second-order valence-corrected chi connectivity index (χ2v) is 27.4. The summed E-state index contributed by atoms with van der Waals surface area (Å²) in [7, 11) is 3.89. The summed E-state index contributed by atoms with van der Waals surface area (Å²) in [5.41, 5.74) is 14.1. The molecule has 0 aliphatic rings. The van der Waals surface area contributed by atoms with Gasteiger partial charge in [-0.3, -0.25) is 41.5 Å². The van der Waals surface area contributed by atoms with Crippen LogP contribution in [0.5, 0.6) is 17.2 Å². The Hall–Kier alpha value is -16.9. The molecule has 0 saturated heterocycles. The van der Waals surface area contributed by atoms with Crippen molar-refractivity contribution in [2.24, 2.45) is 15.0 Å². The number of isocyanates is 3. The molecule has 0 spiro atoms. The summed E-state index contributed by atoms with van der Waals surface area (Å²) in [5, 5.41) is 56.5. The van der Waals surface area contributed by atoms with Crippen molar-refractivity contribution < 1.29 is 106 Å². The van der Waals surface area contributed by atoms with Crippen LogP contribution < -0.4 is 46.1 Å². The number of ketones is 2. The van der Waals surface area contributed by atoms with Gasteiger partial charge in [-0.05, 0) is 236 Å². The number of ether oxygens (including phenoxy) is 9. The highest BCUT2D eigenvalue weighted by atomic mass is 16.6. The van der Waals surface area contributed by atoms with Gasteiger partial charge in [0.2, 0.25) is 18.2 Å². The monoisotopic (exact) mass is 1800 g/mol. The second kappa shape index (κ2) is 63.9. The van der Waals surface area contributed by atoms with Crippen molar-refractivity contribution >= 4 is 118 Å². The normalized spacial score (nSPS) is 9.54. The Morgan fingerprint density at radius 1 is 0.333 bits per heavy atom. The molecule has 686 valence electrons. The van der Waals surface area contributed by atoms with E-state index in [4.69, 9.17) is 44.9 Å². The third kappa shape index (κ3) is 44.8. The minimum Gasteiger partial charge on any atom is -0.453 e. The Labute approximate surface area is 763 Å². The van der Waals surface area contributed by atoms with E-state index in [1.54, 1.807) is 171 Å². The number of carbonyl (C=O) groups is 8. The number of unbranched alkanes of at least 4 members (excludes halogenated alkanes) is 3. The Morgan fingerprint density at radius 2 is 0.629 bits per heavy atom. The molecule has 0 heterocycles. The maximum Gasteiger partial charge on any atom is 0.411 e. The van der Waals surface area contributed by atoms with E-state index in [-0.39, 0.29) is 37.6 Å². The number of anilines is 6. The highest BCUT2D eigenvalue weighted by Gasteiger charge is 2.14. The molecule has 0 aromatic heterocycles. The predicted molar refractivity (Wildman–Crippen MR) is 494 cm³/mol. The molecule has 0 bridgehead atoms. The maximum absolute atomic E-state index is 12.4. The fourth-order valence-electron chi connectivity index (χ4n) is 10.5. The van der Waals surface area contributed by atoms with Crippen LogP contribution in [0.2, 0.25) is 0 Å². The third-order valence-electron chi connectivity index (χ3n) is 17.5. The Kier molecular flexibility index (Phi) is 52.0. The molecule has 34 nitrogen and oxygen atoms in total. The lowest BCUT2D eigenvalue weighted by Crippen LogP contribution is -2.16. The van der Waals surface area contributed by atoms with Crippen LogP contribution in [0.15, 0.2) is 245 Å². The number of Topliss-reactive ketones (excluding diaryl/α,β-unsaturated/α-hetero) is 2. The number of aliphatic hydroxyl groups is 2. The fourth-order valence-corrected chi connectivity index (χ4v) is 10.5. The number of aliphatic imine (C=N–C) groups is 3. The van der Waals surface area contributed by atoms with E-state index in [0.717, 1.165) is 95.9 Å². The number of aliphatic hydroxyl groups excluding tert-OH is 2. The maximum atomic E-state index is 12.4. The molecule has 0 atom stereocenters. The minimum atomic E-state index is -0.568. The largest absolute Gasteiger partial charge is 0.453 e. The molecule has 0 radical (unpaired) electrons. The summed E-state index contributed by atoms with van der Waals surface area (Å²) in [6.45, 7) is 11.1. The van der Waals surface area contributed by atoms with Crippen molar-refractivity contribution in [3.05, 3.63) is 286 Å². The minimum absolute atomic E-state index is 0.0508. The van der Waals surface area contributed by atoms with Crippen LogP contribution >= 0.6 is 0 Å². The Balaban J connectivity index is 0.000000332. The van der Waals surface area contributed by atoms with Crippen LogP contribution in [0.3, 0.4) is 0 Å². The van der Waals surface area contributed by atoms with Crippen LogP contribution in [-0.2, 0) is 68.5 Å². The highest BCUT2D eigenvalue weighted by molar-refractivity contribution is 5.99. The number of amides is 6. The van der Waals surface area contributed by atoms with Crippen LogP contribution in [0.25, 0.3) is 0 Å². The number of rotatable bonds is 33. The molecule has 0 saturated carbocycles. The number of nitrogens with zero attached hydrogens (tertiary/aromatic N) is 6. The van der Waals surface area contributed by atoms with E-state index < -0.39 is 36.6 Å². The topological polar surface area (TPSA) is 492 Å². The van der Waals surface area contributed by atoms with Gasteiger partial charge in [-0.2, -0.15) is 15.0 Å². The van der Waals surface area contributed by atoms with Gasteiger partial charge in [-0.15, -0.1) is 15.8 Å². The molecule has 6 amide bonds. The predicted octanol–water partition coefficient (Wildman–Crippen LogP) is 20.2. The Morgan fingerprint density at radius 3 is 0.985 bits per heavy atom. The SMILES string of the molecule is CCCCOC(=O)Nc1cc(NC(=O)OC)ccc1C.CCCCOC(=O)Nc1ccc(CC(=O)c2ccc(NC(=O)OC)cc2)cc1.CCCCOC(=O)Nc1ccc(Cc2ccc(NC(=O)OC)cc2)cc1.Cc1ccc(OC#N)cc1N=C=O.N#COc1ccc(C(=O)Cc2ccc(N=C=O)cc2)cc1.N#COc1ccc(Cc2ccc(N=C=O)cc2)cc1.OCCCO. The van der Waals surface area contributed by atoms with Crippen molar-refractivity contribution in [1.82, 2.24) is 0 Å². The molecule has 0 unspecified atom stereocenters. The number of hydrogen-bond acceptors (Lipinski definition) is 28. The number of nitriles is 3. The third-order valence-corrected chi connectivity index (χ3v) is 17.5. The van der Waals surface area contributed by atoms with Gasteiger partial charge < -0.3 is 52.8 Å². The molecular formula is C98H102N12O22. The van der Waals surface area contributed by atoms with Crippen molar-refractivity contribution in [1.29, 1.82) is 15.8 Å². The molecular weight excluding hydrogens is 1700 g/mol. The molecule has 10 aromatic carbocycles. The first-order valence-electron chi connectivity index (χ1n) is 40.9. The van der Waals surface area contributed by atoms with E-state index in [1.165, 1.54) is 51.9 Å². The quantitative estimate of drug-likeness (QED) is 0.00473. The van der Waals surface area contributed by atoms with Crippen LogP contribution in [0, 0.1) is 48.4 Å². The number of benzene rings is 10. The van der Waals surface area contributed by atoms with Crippen molar-refractivity contribution in [2.45, 2.75) is 105 Å².